The highest BCUT2D eigenvalue weighted by atomic mass is 16.3. The maximum atomic E-state index is 10.7. The van der Waals surface area contributed by atoms with Gasteiger partial charge < -0.3 is 5.11 Å². The second-order valence-corrected chi connectivity index (χ2v) is 6.16. The Morgan fingerprint density at radius 2 is 1.64 bits per heavy atom. The van der Waals surface area contributed by atoms with Crippen molar-refractivity contribution in [3.8, 4) is 0 Å². The Balaban J connectivity index is 1.59. The molecule has 1 fully saturated rings. The van der Waals surface area contributed by atoms with Crippen LogP contribution in [0, 0.1) is 12.3 Å². The van der Waals surface area contributed by atoms with E-state index in [1.165, 1.54) is 27.5 Å². The molecule has 2 aliphatic carbocycles. The van der Waals surface area contributed by atoms with E-state index in [0.717, 1.165) is 5.56 Å². The molecule has 0 spiro atoms. The highest BCUT2D eigenvalue weighted by Crippen LogP contribution is 2.63. The SMILES string of the molecule is O/C(=C1/[C@H]2[CH+]c3ccccc3[C@@H]12)c1ccc2ccccc2c1. The third kappa shape index (κ3) is 1.57. The van der Waals surface area contributed by atoms with Crippen LogP contribution in [0.3, 0.4) is 0 Å². The van der Waals surface area contributed by atoms with Gasteiger partial charge in [0.2, 0.25) is 0 Å². The summed E-state index contributed by atoms with van der Waals surface area (Å²) in [4.78, 5) is 0. The van der Waals surface area contributed by atoms with Gasteiger partial charge in [-0.3, -0.25) is 0 Å². The minimum atomic E-state index is 0.391. The van der Waals surface area contributed by atoms with Crippen LogP contribution in [0.1, 0.15) is 22.6 Å². The molecule has 1 N–H and O–H groups in total. The number of aliphatic hydroxyl groups excluding tert-OH is 1. The summed E-state index contributed by atoms with van der Waals surface area (Å²) in [5.74, 6) is 1.25. The lowest BCUT2D eigenvalue weighted by molar-refractivity contribution is 0.508. The van der Waals surface area contributed by atoms with E-state index in [-0.39, 0.29) is 0 Å². The van der Waals surface area contributed by atoms with Crippen molar-refractivity contribution in [1.29, 1.82) is 0 Å². The van der Waals surface area contributed by atoms with E-state index in [1.54, 1.807) is 0 Å². The first kappa shape index (κ1) is 11.9. The number of aliphatic hydroxyl groups is 1. The number of allylic oxidation sites excluding steroid dienone is 1. The van der Waals surface area contributed by atoms with Crippen LogP contribution in [0.5, 0.6) is 0 Å². The molecule has 0 amide bonds. The summed E-state index contributed by atoms with van der Waals surface area (Å²) in [5, 5.41) is 13.1. The molecule has 0 bridgehead atoms. The summed E-state index contributed by atoms with van der Waals surface area (Å²) in [7, 11) is 0. The van der Waals surface area contributed by atoms with Crippen LogP contribution >= 0.6 is 0 Å². The zero-order valence-electron chi connectivity index (χ0n) is 12.0. The van der Waals surface area contributed by atoms with Crippen LogP contribution in [-0.2, 0) is 0 Å². The standard InChI is InChI=1S/C21H14O/c22-21(16-10-9-13-5-1-2-6-14(13)11-16)20-18-12-15-7-3-4-8-17(15)19(18)20/h1-12,18-19H/p+1/b21-20-/t18-,19+/m0/s1. The van der Waals surface area contributed by atoms with E-state index >= 15 is 0 Å². The van der Waals surface area contributed by atoms with Gasteiger partial charge in [0.05, 0.1) is 17.4 Å². The van der Waals surface area contributed by atoms with E-state index in [1.807, 2.05) is 18.2 Å². The Morgan fingerprint density at radius 1 is 0.864 bits per heavy atom. The molecule has 2 aliphatic rings. The van der Waals surface area contributed by atoms with Gasteiger partial charge in [-0.2, -0.15) is 0 Å². The zero-order valence-corrected chi connectivity index (χ0v) is 12.0. The molecular formula is C21H15O+. The van der Waals surface area contributed by atoms with E-state index in [0.29, 0.717) is 17.6 Å². The third-order valence-corrected chi connectivity index (χ3v) is 4.93. The molecule has 22 heavy (non-hydrogen) atoms. The van der Waals surface area contributed by atoms with Crippen LogP contribution in [-0.4, -0.2) is 5.11 Å². The van der Waals surface area contributed by atoms with Crippen molar-refractivity contribution in [2.75, 3.05) is 0 Å². The average molecular weight is 283 g/mol. The molecule has 0 heterocycles. The summed E-state index contributed by atoms with van der Waals surface area (Å²) in [6, 6.07) is 22.9. The summed E-state index contributed by atoms with van der Waals surface area (Å²) in [6.45, 7) is 0. The molecule has 5 rings (SSSR count). The van der Waals surface area contributed by atoms with E-state index in [2.05, 4.69) is 55.0 Å². The van der Waals surface area contributed by atoms with Gasteiger partial charge >= 0.3 is 0 Å². The van der Waals surface area contributed by atoms with Crippen molar-refractivity contribution in [3.05, 3.63) is 95.4 Å². The molecule has 3 aromatic carbocycles. The van der Waals surface area contributed by atoms with Crippen molar-refractivity contribution in [1.82, 2.24) is 0 Å². The van der Waals surface area contributed by atoms with Crippen LogP contribution in [0.25, 0.3) is 16.5 Å². The van der Waals surface area contributed by atoms with E-state index in [9.17, 15) is 5.11 Å². The summed E-state index contributed by atoms with van der Waals surface area (Å²) in [6.07, 6.45) is 2.28. The average Bonchev–Trinajstić information content (AvgIpc) is 3.15. The number of rotatable bonds is 1. The number of hydrogen-bond acceptors (Lipinski definition) is 1. The van der Waals surface area contributed by atoms with Gasteiger partial charge in [0.25, 0.3) is 0 Å². The number of benzene rings is 3. The Morgan fingerprint density at radius 3 is 2.55 bits per heavy atom. The fraction of sp³-hybridized carbons (Fsp3) is 0.0952. The maximum Gasteiger partial charge on any atom is 0.134 e. The second-order valence-electron chi connectivity index (χ2n) is 6.16. The molecule has 1 saturated carbocycles. The van der Waals surface area contributed by atoms with Gasteiger partial charge in [0, 0.05) is 23.6 Å². The Hall–Kier alpha value is -2.67. The summed E-state index contributed by atoms with van der Waals surface area (Å²) < 4.78 is 0. The fourth-order valence-corrected chi connectivity index (χ4v) is 3.78. The summed E-state index contributed by atoms with van der Waals surface area (Å²) in [5.41, 5.74) is 4.78. The normalized spacial score (nSPS) is 23.6. The van der Waals surface area contributed by atoms with Crippen molar-refractivity contribution < 1.29 is 5.11 Å². The molecule has 104 valence electrons. The Labute approximate surface area is 129 Å². The lowest BCUT2D eigenvalue weighted by atomic mass is 10.0. The third-order valence-electron chi connectivity index (χ3n) is 4.93. The monoisotopic (exact) mass is 283 g/mol. The molecule has 0 unspecified atom stereocenters. The van der Waals surface area contributed by atoms with Gasteiger partial charge in [-0.15, -0.1) is 0 Å². The van der Waals surface area contributed by atoms with Crippen molar-refractivity contribution >= 4 is 16.5 Å². The smallest absolute Gasteiger partial charge is 0.134 e. The maximum absolute atomic E-state index is 10.7. The largest absolute Gasteiger partial charge is 0.507 e. The first-order valence-corrected chi connectivity index (χ1v) is 7.69. The molecule has 0 aromatic heterocycles. The predicted octanol–water partition coefficient (Wildman–Crippen LogP) is 5.09. The molecule has 0 aliphatic heterocycles. The molecule has 0 radical (unpaired) electrons. The molecule has 1 nitrogen and oxygen atoms in total. The minimum Gasteiger partial charge on any atom is -0.507 e. The van der Waals surface area contributed by atoms with Gasteiger partial charge in [0.15, 0.2) is 0 Å². The van der Waals surface area contributed by atoms with Crippen LogP contribution in [0.4, 0.5) is 0 Å². The summed E-state index contributed by atoms with van der Waals surface area (Å²) >= 11 is 0. The second kappa shape index (κ2) is 4.17. The molecular weight excluding hydrogens is 268 g/mol. The lowest BCUT2D eigenvalue weighted by Crippen LogP contribution is -1.89. The van der Waals surface area contributed by atoms with Gasteiger partial charge in [0.1, 0.15) is 11.3 Å². The van der Waals surface area contributed by atoms with Crippen LogP contribution < -0.4 is 0 Å². The highest BCUT2D eigenvalue weighted by molar-refractivity contribution is 5.87. The van der Waals surface area contributed by atoms with Crippen molar-refractivity contribution in [2.45, 2.75) is 5.92 Å². The predicted molar refractivity (Wildman–Crippen MR) is 89.6 cm³/mol. The number of hydrogen-bond donors (Lipinski definition) is 1. The van der Waals surface area contributed by atoms with Gasteiger partial charge in [-0.05, 0) is 35.0 Å². The topological polar surface area (TPSA) is 20.2 Å². The highest BCUT2D eigenvalue weighted by Gasteiger charge is 2.59. The molecule has 0 saturated heterocycles. The Kier molecular flexibility index (Phi) is 2.26. The first-order chi connectivity index (χ1) is 10.8. The Bertz CT molecular complexity index is 935. The van der Waals surface area contributed by atoms with Gasteiger partial charge in [-0.1, -0.05) is 36.4 Å². The van der Waals surface area contributed by atoms with Crippen molar-refractivity contribution in [3.63, 3.8) is 0 Å². The molecule has 2 atom stereocenters. The zero-order chi connectivity index (χ0) is 14.7. The van der Waals surface area contributed by atoms with Crippen LogP contribution in [0.15, 0.2) is 72.3 Å². The molecule has 3 aromatic rings. The quantitative estimate of drug-likeness (QED) is 0.487. The number of fused-ring (bicyclic) bond motifs is 4. The van der Waals surface area contributed by atoms with E-state index in [4.69, 9.17) is 0 Å². The first-order valence-electron chi connectivity index (χ1n) is 7.69. The lowest BCUT2D eigenvalue weighted by Gasteiger charge is -2.04. The fourth-order valence-electron chi connectivity index (χ4n) is 3.78. The van der Waals surface area contributed by atoms with Crippen LogP contribution in [0.2, 0.25) is 0 Å². The minimum absolute atomic E-state index is 0.391. The molecule has 1 heteroatoms. The van der Waals surface area contributed by atoms with E-state index < -0.39 is 0 Å². The van der Waals surface area contributed by atoms with Crippen molar-refractivity contribution in [2.24, 2.45) is 5.92 Å². The van der Waals surface area contributed by atoms with Gasteiger partial charge in [-0.25, -0.2) is 0 Å².